The topological polar surface area (TPSA) is 58.6 Å². The van der Waals surface area contributed by atoms with Crippen molar-refractivity contribution in [3.63, 3.8) is 0 Å². The van der Waals surface area contributed by atoms with Gasteiger partial charge in [0.2, 0.25) is 5.91 Å². The van der Waals surface area contributed by atoms with E-state index in [-0.39, 0.29) is 24.4 Å². The molecule has 2 amide bonds. The van der Waals surface area contributed by atoms with Gasteiger partial charge in [0, 0.05) is 26.2 Å². The molecule has 0 radical (unpaired) electrons. The smallest absolute Gasteiger partial charge is 0.255 e. The molecule has 5 nitrogen and oxygen atoms in total. The normalized spacial score (nSPS) is 16.0. The van der Waals surface area contributed by atoms with Crippen LogP contribution in [0.15, 0.2) is 64.5 Å². The van der Waals surface area contributed by atoms with Gasteiger partial charge in [-0.05, 0) is 60.8 Å². The van der Waals surface area contributed by atoms with E-state index in [4.69, 9.17) is 4.74 Å². The highest BCUT2D eigenvalue weighted by Crippen LogP contribution is 2.39. The molecule has 0 saturated carbocycles. The minimum absolute atomic E-state index is 0.0269. The zero-order valence-electron chi connectivity index (χ0n) is 15.7. The standard InChI is InChI=1S/C22H19BrN2O3S/c1-2-28-16-8-5-14(6-9-16)22(27)25-13-20(26)24-18-10-7-15(23)12-17(18)21(25)19-4-3-11-29-19/h3-12,21H,2,13H2,1H3,(H,24,26). The molecular formula is C22H19BrN2O3S. The molecule has 1 aromatic heterocycles. The van der Waals surface area contributed by atoms with E-state index in [1.54, 1.807) is 40.5 Å². The van der Waals surface area contributed by atoms with Crippen LogP contribution in [0.3, 0.4) is 0 Å². The third-order valence-electron chi connectivity index (χ3n) is 4.69. The van der Waals surface area contributed by atoms with E-state index in [9.17, 15) is 9.59 Å². The number of carbonyl (C=O) groups is 2. The Kier molecular flexibility index (Phi) is 5.69. The Hall–Kier alpha value is -2.64. The number of halogens is 1. The van der Waals surface area contributed by atoms with Gasteiger partial charge in [-0.2, -0.15) is 0 Å². The van der Waals surface area contributed by atoms with Gasteiger partial charge < -0.3 is 15.0 Å². The lowest BCUT2D eigenvalue weighted by molar-refractivity contribution is -0.117. The third-order valence-corrected chi connectivity index (χ3v) is 6.11. The minimum atomic E-state index is -0.361. The molecule has 2 heterocycles. The number of ether oxygens (including phenoxy) is 1. The molecule has 0 fully saturated rings. The number of carbonyl (C=O) groups excluding carboxylic acids is 2. The van der Waals surface area contributed by atoms with Gasteiger partial charge in [-0.1, -0.05) is 22.0 Å². The van der Waals surface area contributed by atoms with E-state index in [2.05, 4.69) is 21.2 Å². The maximum absolute atomic E-state index is 13.5. The van der Waals surface area contributed by atoms with Crippen molar-refractivity contribution < 1.29 is 14.3 Å². The largest absolute Gasteiger partial charge is 0.494 e. The van der Waals surface area contributed by atoms with Gasteiger partial charge >= 0.3 is 0 Å². The van der Waals surface area contributed by atoms with Crippen molar-refractivity contribution >= 4 is 44.8 Å². The average Bonchev–Trinajstić information content (AvgIpc) is 3.19. The first kappa shape index (κ1) is 19.7. The highest BCUT2D eigenvalue weighted by Gasteiger charge is 2.34. The van der Waals surface area contributed by atoms with Crippen molar-refractivity contribution in [3.05, 3.63) is 80.5 Å². The van der Waals surface area contributed by atoms with Gasteiger partial charge in [-0.25, -0.2) is 0 Å². The van der Waals surface area contributed by atoms with Gasteiger partial charge in [0.1, 0.15) is 12.3 Å². The Morgan fingerprint density at radius 2 is 2.03 bits per heavy atom. The molecule has 3 aromatic rings. The van der Waals surface area contributed by atoms with Crippen LogP contribution in [0.25, 0.3) is 0 Å². The van der Waals surface area contributed by atoms with Gasteiger partial charge in [0.05, 0.1) is 12.6 Å². The number of thiophene rings is 1. The second-order valence-electron chi connectivity index (χ2n) is 6.59. The first-order valence-electron chi connectivity index (χ1n) is 9.23. The van der Waals surface area contributed by atoms with Crippen LogP contribution in [0.4, 0.5) is 5.69 Å². The van der Waals surface area contributed by atoms with Crippen LogP contribution in [-0.2, 0) is 4.79 Å². The third kappa shape index (κ3) is 4.06. The Morgan fingerprint density at radius 1 is 1.24 bits per heavy atom. The number of rotatable bonds is 4. The zero-order valence-corrected chi connectivity index (χ0v) is 18.1. The number of hydrogen-bond donors (Lipinski definition) is 1. The monoisotopic (exact) mass is 470 g/mol. The number of amides is 2. The van der Waals surface area contributed by atoms with E-state index in [1.165, 1.54) is 0 Å². The van der Waals surface area contributed by atoms with Crippen molar-refractivity contribution in [1.82, 2.24) is 4.90 Å². The summed E-state index contributed by atoms with van der Waals surface area (Å²) in [5.41, 5.74) is 2.12. The molecule has 1 N–H and O–H groups in total. The van der Waals surface area contributed by atoms with Gasteiger partial charge in [-0.15, -0.1) is 11.3 Å². The summed E-state index contributed by atoms with van der Waals surface area (Å²) in [6.07, 6.45) is 0. The number of anilines is 1. The molecule has 0 aliphatic carbocycles. The number of hydrogen-bond acceptors (Lipinski definition) is 4. The summed E-state index contributed by atoms with van der Waals surface area (Å²) in [5.74, 6) is 0.295. The fourth-order valence-corrected chi connectivity index (χ4v) is 4.68. The van der Waals surface area contributed by atoms with Crippen LogP contribution >= 0.6 is 27.3 Å². The van der Waals surface area contributed by atoms with Gasteiger partial charge in [0.25, 0.3) is 5.91 Å². The molecule has 0 spiro atoms. The molecule has 29 heavy (non-hydrogen) atoms. The summed E-state index contributed by atoms with van der Waals surface area (Å²) in [7, 11) is 0. The second kappa shape index (κ2) is 8.39. The lowest BCUT2D eigenvalue weighted by Crippen LogP contribution is -2.38. The van der Waals surface area contributed by atoms with E-state index < -0.39 is 0 Å². The molecule has 4 rings (SSSR count). The summed E-state index contributed by atoms with van der Waals surface area (Å²) in [6.45, 7) is 2.45. The molecule has 0 bridgehead atoms. The van der Waals surface area contributed by atoms with Crippen molar-refractivity contribution in [2.45, 2.75) is 13.0 Å². The fourth-order valence-electron chi connectivity index (χ4n) is 3.45. The highest BCUT2D eigenvalue weighted by molar-refractivity contribution is 9.10. The quantitative estimate of drug-likeness (QED) is 0.577. The molecule has 1 unspecified atom stereocenters. The van der Waals surface area contributed by atoms with Crippen molar-refractivity contribution in [1.29, 1.82) is 0 Å². The Morgan fingerprint density at radius 3 is 2.72 bits per heavy atom. The lowest BCUT2D eigenvalue weighted by atomic mass is 10.0. The van der Waals surface area contributed by atoms with E-state index >= 15 is 0 Å². The Balaban J connectivity index is 1.79. The predicted octanol–water partition coefficient (Wildman–Crippen LogP) is 5.09. The molecule has 148 valence electrons. The maximum atomic E-state index is 13.5. The zero-order chi connectivity index (χ0) is 20.4. The second-order valence-corrected chi connectivity index (χ2v) is 8.48. The van der Waals surface area contributed by atoms with Crippen LogP contribution in [-0.4, -0.2) is 29.9 Å². The van der Waals surface area contributed by atoms with Crippen LogP contribution in [0.2, 0.25) is 0 Å². The van der Waals surface area contributed by atoms with E-state index in [0.717, 1.165) is 20.6 Å². The number of benzene rings is 2. The summed E-state index contributed by atoms with van der Waals surface area (Å²) in [6, 6.07) is 16.3. The summed E-state index contributed by atoms with van der Waals surface area (Å²) in [4.78, 5) is 28.7. The number of nitrogens with zero attached hydrogens (tertiary/aromatic N) is 1. The van der Waals surface area contributed by atoms with Gasteiger partial charge in [-0.3, -0.25) is 9.59 Å². The molecule has 1 aliphatic rings. The molecule has 1 atom stereocenters. The first-order chi connectivity index (χ1) is 14.1. The van der Waals surface area contributed by atoms with E-state index in [0.29, 0.717) is 17.9 Å². The van der Waals surface area contributed by atoms with Crippen molar-refractivity contribution in [2.75, 3.05) is 18.5 Å². The molecule has 0 saturated heterocycles. The number of fused-ring (bicyclic) bond motifs is 1. The fraction of sp³-hybridized carbons (Fsp3) is 0.182. The molecular weight excluding hydrogens is 452 g/mol. The minimum Gasteiger partial charge on any atom is -0.494 e. The predicted molar refractivity (Wildman–Crippen MR) is 118 cm³/mol. The van der Waals surface area contributed by atoms with Crippen molar-refractivity contribution in [2.24, 2.45) is 0 Å². The van der Waals surface area contributed by atoms with Crippen LogP contribution < -0.4 is 10.1 Å². The molecule has 7 heteroatoms. The number of nitrogens with one attached hydrogen (secondary N) is 1. The summed E-state index contributed by atoms with van der Waals surface area (Å²) in [5, 5.41) is 4.91. The average molecular weight is 471 g/mol. The van der Waals surface area contributed by atoms with E-state index in [1.807, 2.05) is 42.6 Å². The van der Waals surface area contributed by atoms with Crippen LogP contribution in [0, 0.1) is 0 Å². The Labute approximate surface area is 181 Å². The summed E-state index contributed by atoms with van der Waals surface area (Å²) < 4.78 is 6.36. The Bertz CT molecular complexity index is 1030. The molecule has 2 aromatic carbocycles. The van der Waals surface area contributed by atoms with Crippen LogP contribution in [0.5, 0.6) is 5.75 Å². The lowest BCUT2D eigenvalue weighted by Gasteiger charge is -2.29. The summed E-state index contributed by atoms with van der Waals surface area (Å²) >= 11 is 5.09. The molecule has 1 aliphatic heterocycles. The van der Waals surface area contributed by atoms with Crippen LogP contribution in [0.1, 0.15) is 33.8 Å². The first-order valence-corrected chi connectivity index (χ1v) is 10.9. The maximum Gasteiger partial charge on any atom is 0.255 e. The highest BCUT2D eigenvalue weighted by atomic mass is 79.9. The van der Waals surface area contributed by atoms with Gasteiger partial charge in [0.15, 0.2) is 0 Å². The van der Waals surface area contributed by atoms with Crippen molar-refractivity contribution in [3.8, 4) is 5.75 Å². The SMILES string of the molecule is CCOc1ccc(C(=O)N2CC(=O)Nc3ccc(Br)cc3C2c2cccs2)cc1.